The van der Waals surface area contributed by atoms with E-state index in [1.807, 2.05) is 0 Å². The second kappa shape index (κ2) is 9.99. The van der Waals surface area contributed by atoms with Crippen molar-refractivity contribution >= 4 is 56.6 Å². The van der Waals surface area contributed by atoms with Crippen LogP contribution in [-0.2, 0) is 19.6 Å². The molecule has 0 bridgehead atoms. The maximum absolute atomic E-state index is 12.5. The second-order valence-corrected chi connectivity index (χ2v) is 9.05. The van der Waals surface area contributed by atoms with Gasteiger partial charge in [-0.15, -0.1) is 0 Å². The van der Waals surface area contributed by atoms with Crippen molar-refractivity contribution < 1.29 is 22.7 Å². The van der Waals surface area contributed by atoms with Crippen LogP contribution in [0.5, 0.6) is 0 Å². The van der Waals surface area contributed by atoms with Crippen molar-refractivity contribution in [3.05, 3.63) is 82.5 Å². The molecule has 0 fully saturated rings. The summed E-state index contributed by atoms with van der Waals surface area (Å²) < 4.78 is 32.5. The molecule has 2 N–H and O–H groups in total. The number of carbonyl (C=O) groups excluding carboxylic acids is 2. The third-order valence-corrected chi connectivity index (χ3v) is 6.00. The highest BCUT2D eigenvalue weighted by Crippen LogP contribution is 2.23. The minimum absolute atomic E-state index is 0.0561. The molecule has 1 amide bonds. The summed E-state index contributed by atoms with van der Waals surface area (Å²) in [5.74, 6) is -1.40. The molecule has 0 radical (unpaired) electrons. The standard InChI is InChI=1S/C21H17Cl2N3O5S/c1-13(20(27)25-19-18(23)11-15(22)12-24-19)31-21(28)14-6-5-7-16(10-14)26-32(29,30)17-8-3-2-4-9-17/h2-13,26H,1H3,(H,24,25,27). The Balaban J connectivity index is 1.67. The van der Waals surface area contributed by atoms with Gasteiger partial charge in [0.1, 0.15) is 0 Å². The zero-order valence-corrected chi connectivity index (χ0v) is 18.9. The van der Waals surface area contributed by atoms with Gasteiger partial charge in [0.25, 0.3) is 15.9 Å². The SMILES string of the molecule is CC(OC(=O)c1cccc(NS(=O)(=O)c2ccccc2)c1)C(=O)Nc1ncc(Cl)cc1Cl. The van der Waals surface area contributed by atoms with Crippen molar-refractivity contribution in [3.8, 4) is 0 Å². The first kappa shape index (κ1) is 23.5. The number of esters is 1. The number of ether oxygens (including phenoxy) is 1. The van der Waals surface area contributed by atoms with Gasteiger partial charge in [0, 0.05) is 11.9 Å². The van der Waals surface area contributed by atoms with Crippen LogP contribution in [0, 0.1) is 0 Å². The van der Waals surface area contributed by atoms with Crippen molar-refractivity contribution in [1.82, 2.24) is 4.98 Å². The van der Waals surface area contributed by atoms with Crippen molar-refractivity contribution in [1.29, 1.82) is 0 Å². The van der Waals surface area contributed by atoms with Crippen LogP contribution in [-0.4, -0.2) is 31.4 Å². The summed E-state index contributed by atoms with van der Waals surface area (Å²) in [6, 6.07) is 14.9. The van der Waals surface area contributed by atoms with Gasteiger partial charge in [-0.3, -0.25) is 9.52 Å². The molecule has 0 aliphatic rings. The topological polar surface area (TPSA) is 114 Å². The van der Waals surface area contributed by atoms with Crippen molar-refractivity contribution in [3.63, 3.8) is 0 Å². The summed E-state index contributed by atoms with van der Waals surface area (Å²) in [7, 11) is -3.83. The second-order valence-electron chi connectivity index (χ2n) is 6.52. The number of anilines is 2. The average Bonchev–Trinajstić information content (AvgIpc) is 2.76. The summed E-state index contributed by atoms with van der Waals surface area (Å²) in [5, 5.41) is 2.87. The summed E-state index contributed by atoms with van der Waals surface area (Å²) in [5.41, 5.74) is 0.220. The molecule has 0 aliphatic carbocycles. The minimum Gasteiger partial charge on any atom is -0.449 e. The molecule has 1 heterocycles. The van der Waals surface area contributed by atoms with E-state index in [-0.39, 0.29) is 27.0 Å². The number of hydrogen-bond acceptors (Lipinski definition) is 6. The first-order valence-corrected chi connectivity index (χ1v) is 11.4. The Hall–Kier alpha value is -3.14. The van der Waals surface area contributed by atoms with Crippen LogP contribution < -0.4 is 10.0 Å². The number of hydrogen-bond donors (Lipinski definition) is 2. The van der Waals surface area contributed by atoms with E-state index in [4.69, 9.17) is 27.9 Å². The lowest BCUT2D eigenvalue weighted by molar-refractivity contribution is -0.123. The Bertz CT molecular complexity index is 1250. The number of pyridine rings is 1. The number of halogens is 2. The minimum atomic E-state index is -3.83. The lowest BCUT2D eigenvalue weighted by Gasteiger charge is -2.14. The maximum Gasteiger partial charge on any atom is 0.338 e. The Kier molecular flexibility index (Phi) is 7.34. The van der Waals surface area contributed by atoms with Crippen molar-refractivity contribution in [2.45, 2.75) is 17.9 Å². The van der Waals surface area contributed by atoms with Crippen LogP contribution in [0.4, 0.5) is 11.5 Å². The molecule has 1 atom stereocenters. The molecule has 166 valence electrons. The van der Waals surface area contributed by atoms with E-state index in [2.05, 4.69) is 15.0 Å². The van der Waals surface area contributed by atoms with E-state index in [9.17, 15) is 18.0 Å². The van der Waals surface area contributed by atoms with Crippen LogP contribution in [0.2, 0.25) is 10.0 Å². The fraction of sp³-hybridized carbons (Fsp3) is 0.0952. The quantitative estimate of drug-likeness (QED) is 0.472. The van der Waals surface area contributed by atoms with Gasteiger partial charge in [-0.25, -0.2) is 18.2 Å². The molecule has 8 nitrogen and oxygen atoms in total. The van der Waals surface area contributed by atoms with Crippen molar-refractivity contribution in [2.24, 2.45) is 0 Å². The van der Waals surface area contributed by atoms with E-state index < -0.39 is 28.0 Å². The highest BCUT2D eigenvalue weighted by Gasteiger charge is 2.21. The van der Waals surface area contributed by atoms with E-state index in [1.54, 1.807) is 18.2 Å². The number of nitrogens with zero attached hydrogens (tertiary/aromatic N) is 1. The van der Waals surface area contributed by atoms with Gasteiger partial charge in [-0.2, -0.15) is 0 Å². The van der Waals surface area contributed by atoms with Crippen LogP contribution in [0.25, 0.3) is 0 Å². The third-order valence-electron chi connectivity index (χ3n) is 4.11. The van der Waals surface area contributed by atoms with Crippen molar-refractivity contribution in [2.75, 3.05) is 10.0 Å². The zero-order chi connectivity index (χ0) is 23.3. The smallest absolute Gasteiger partial charge is 0.338 e. The Morgan fingerprint density at radius 2 is 1.75 bits per heavy atom. The largest absolute Gasteiger partial charge is 0.449 e. The normalized spacial score (nSPS) is 12.0. The lowest BCUT2D eigenvalue weighted by atomic mass is 10.2. The molecule has 3 aromatic rings. The van der Waals surface area contributed by atoms with E-state index in [0.717, 1.165) is 0 Å². The Morgan fingerprint density at radius 1 is 1.03 bits per heavy atom. The van der Waals surface area contributed by atoms with Crippen LogP contribution in [0.3, 0.4) is 0 Å². The fourth-order valence-electron chi connectivity index (χ4n) is 2.53. The first-order chi connectivity index (χ1) is 15.2. The third kappa shape index (κ3) is 5.97. The highest BCUT2D eigenvalue weighted by molar-refractivity contribution is 7.92. The van der Waals surface area contributed by atoms with Gasteiger partial charge in [0.2, 0.25) is 0 Å². The summed E-state index contributed by atoms with van der Waals surface area (Å²) >= 11 is 11.7. The molecule has 0 saturated carbocycles. The fourth-order valence-corrected chi connectivity index (χ4v) is 4.03. The Morgan fingerprint density at radius 3 is 2.44 bits per heavy atom. The van der Waals surface area contributed by atoms with E-state index in [1.165, 1.54) is 55.6 Å². The van der Waals surface area contributed by atoms with Gasteiger partial charge in [0.05, 0.1) is 20.5 Å². The van der Waals surface area contributed by atoms with Crippen LogP contribution >= 0.6 is 23.2 Å². The number of amides is 1. The summed E-state index contributed by atoms with van der Waals surface area (Å²) in [6.45, 7) is 1.37. The van der Waals surface area contributed by atoms with Gasteiger partial charge in [-0.1, -0.05) is 47.5 Å². The predicted molar refractivity (Wildman–Crippen MR) is 121 cm³/mol. The number of sulfonamides is 1. The molecule has 11 heteroatoms. The van der Waals surface area contributed by atoms with Crippen LogP contribution in [0.15, 0.2) is 71.8 Å². The molecule has 0 aliphatic heterocycles. The number of benzene rings is 2. The molecule has 0 saturated heterocycles. The van der Waals surface area contributed by atoms with Gasteiger partial charge >= 0.3 is 5.97 Å². The molecule has 1 aromatic heterocycles. The van der Waals surface area contributed by atoms with Crippen LogP contribution in [0.1, 0.15) is 17.3 Å². The highest BCUT2D eigenvalue weighted by atomic mass is 35.5. The van der Waals surface area contributed by atoms with Gasteiger partial charge in [-0.05, 0) is 43.3 Å². The zero-order valence-electron chi connectivity index (χ0n) is 16.6. The number of carbonyl (C=O) groups is 2. The Labute approximate surface area is 194 Å². The first-order valence-electron chi connectivity index (χ1n) is 9.16. The van der Waals surface area contributed by atoms with E-state index in [0.29, 0.717) is 5.02 Å². The number of nitrogens with one attached hydrogen (secondary N) is 2. The molecule has 3 rings (SSSR count). The van der Waals surface area contributed by atoms with Gasteiger partial charge in [0.15, 0.2) is 11.9 Å². The van der Waals surface area contributed by atoms with Gasteiger partial charge < -0.3 is 10.1 Å². The maximum atomic E-state index is 12.5. The monoisotopic (exact) mass is 493 g/mol. The lowest BCUT2D eigenvalue weighted by Crippen LogP contribution is -2.30. The molecular weight excluding hydrogens is 477 g/mol. The molecule has 32 heavy (non-hydrogen) atoms. The average molecular weight is 494 g/mol. The summed E-state index contributed by atoms with van der Waals surface area (Å²) in [4.78, 5) is 28.8. The molecule has 2 aromatic carbocycles. The molecule has 1 unspecified atom stereocenters. The number of rotatable bonds is 7. The predicted octanol–water partition coefficient (Wildman–Crippen LogP) is 4.37. The number of aromatic nitrogens is 1. The molecular formula is C21H17Cl2N3O5S. The summed E-state index contributed by atoms with van der Waals surface area (Å²) in [6.07, 6.45) is 0.127. The van der Waals surface area contributed by atoms with E-state index >= 15 is 0 Å². The molecule has 0 spiro atoms.